The van der Waals surface area contributed by atoms with Crippen molar-refractivity contribution in [2.24, 2.45) is 0 Å². The molecule has 1 unspecified atom stereocenters. The Kier molecular flexibility index (Phi) is 7.50. The van der Waals surface area contributed by atoms with Crippen molar-refractivity contribution < 1.29 is 9.47 Å². The van der Waals surface area contributed by atoms with Gasteiger partial charge >= 0.3 is 0 Å². The maximum absolute atomic E-state index is 5.50. The van der Waals surface area contributed by atoms with Crippen LogP contribution in [0.1, 0.15) is 11.6 Å². The summed E-state index contributed by atoms with van der Waals surface area (Å²) in [4.78, 5) is 4.52. The largest absolute Gasteiger partial charge is 0.497 e. The van der Waals surface area contributed by atoms with E-state index in [1.54, 1.807) is 14.2 Å². The van der Waals surface area contributed by atoms with Crippen LogP contribution in [-0.4, -0.2) is 71.8 Å². The number of likely N-dealkylation sites (N-methyl/N-ethyl adjacent to an activating group) is 3. The number of nitrogens with zero attached hydrogens (tertiary/aromatic N) is 2. The molecule has 0 spiro atoms. The number of methoxy groups -OCH3 is 2. The van der Waals surface area contributed by atoms with Gasteiger partial charge in [-0.05, 0) is 34.3 Å². The van der Waals surface area contributed by atoms with Gasteiger partial charge in [0.25, 0.3) is 0 Å². The monoisotopic (exact) mass is 295 g/mol. The minimum atomic E-state index is 0.220. The van der Waals surface area contributed by atoms with Crippen LogP contribution >= 0.6 is 0 Å². The summed E-state index contributed by atoms with van der Waals surface area (Å²) >= 11 is 0. The van der Waals surface area contributed by atoms with Gasteiger partial charge in [-0.2, -0.15) is 0 Å². The van der Waals surface area contributed by atoms with Crippen molar-refractivity contribution in [3.63, 3.8) is 0 Å². The highest BCUT2D eigenvalue weighted by Gasteiger charge is 2.17. The lowest BCUT2D eigenvalue weighted by molar-refractivity contribution is 0.258. The van der Waals surface area contributed by atoms with Gasteiger partial charge in [-0.3, -0.25) is 0 Å². The fourth-order valence-electron chi connectivity index (χ4n) is 2.23. The maximum Gasteiger partial charge on any atom is 0.127 e. The average Bonchev–Trinajstić information content (AvgIpc) is 2.49. The fourth-order valence-corrected chi connectivity index (χ4v) is 2.23. The molecular formula is C16H29N3O2. The molecule has 0 aliphatic rings. The lowest BCUT2D eigenvalue weighted by Crippen LogP contribution is -2.35. The number of hydrogen-bond acceptors (Lipinski definition) is 5. The first-order chi connectivity index (χ1) is 10.0. The van der Waals surface area contributed by atoms with Crippen molar-refractivity contribution in [1.82, 2.24) is 15.1 Å². The molecule has 0 bridgehead atoms. The van der Waals surface area contributed by atoms with Crippen molar-refractivity contribution in [1.29, 1.82) is 0 Å². The topological polar surface area (TPSA) is 37.0 Å². The van der Waals surface area contributed by atoms with Crippen molar-refractivity contribution in [2.75, 3.05) is 62.0 Å². The van der Waals surface area contributed by atoms with Gasteiger partial charge in [-0.25, -0.2) is 0 Å². The van der Waals surface area contributed by atoms with Crippen LogP contribution in [0.25, 0.3) is 0 Å². The summed E-state index contributed by atoms with van der Waals surface area (Å²) in [5, 5.41) is 3.37. The molecule has 0 aliphatic carbocycles. The van der Waals surface area contributed by atoms with E-state index in [1.165, 1.54) is 0 Å². The zero-order valence-electron chi connectivity index (χ0n) is 14.1. The molecule has 0 aromatic heterocycles. The number of benzene rings is 1. The minimum Gasteiger partial charge on any atom is -0.497 e. The normalized spacial score (nSPS) is 12.8. The number of rotatable bonds is 9. The Bertz CT molecular complexity index is 424. The lowest BCUT2D eigenvalue weighted by atomic mass is 10.0. The second-order valence-corrected chi connectivity index (χ2v) is 5.51. The third-order valence-electron chi connectivity index (χ3n) is 3.59. The van der Waals surface area contributed by atoms with Gasteiger partial charge in [0.15, 0.2) is 0 Å². The molecule has 0 saturated heterocycles. The molecule has 1 aromatic carbocycles. The smallest absolute Gasteiger partial charge is 0.127 e. The van der Waals surface area contributed by atoms with Gasteiger partial charge in [0.1, 0.15) is 11.5 Å². The van der Waals surface area contributed by atoms with E-state index in [9.17, 15) is 0 Å². The SMILES string of the molecule is CNC(CN(C)CCN(C)C)c1ccc(OC)cc1OC. The van der Waals surface area contributed by atoms with E-state index in [1.807, 2.05) is 19.2 Å². The Morgan fingerprint density at radius 3 is 2.33 bits per heavy atom. The molecule has 0 aliphatic heterocycles. The summed E-state index contributed by atoms with van der Waals surface area (Å²) in [6.45, 7) is 3.00. The molecule has 120 valence electrons. The molecule has 0 fully saturated rings. The van der Waals surface area contributed by atoms with Crippen molar-refractivity contribution in [3.05, 3.63) is 23.8 Å². The Hall–Kier alpha value is -1.30. The zero-order valence-corrected chi connectivity index (χ0v) is 14.1. The molecule has 0 saturated carbocycles. The molecule has 1 atom stereocenters. The molecule has 0 amide bonds. The van der Waals surface area contributed by atoms with E-state index in [-0.39, 0.29) is 6.04 Å². The van der Waals surface area contributed by atoms with Crippen molar-refractivity contribution >= 4 is 0 Å². The van der Waals surface area contributed by atoms with Crippen LogP contribution in [0.5, 0.6) is 11.5 Å². The molecule has 21 heavy (non-hydrogen) atoms. The molecule has 5 nitrogen and oxygen atoms in total. The van der Waals surface area contributed by atoms with Crippen molar-refractivity contribution in [3.8, 4) is 11.5 Å². The van der Waals surface area contributed by atoms with E-state index in [4.69, 9.17) is 9.47 Å². The van der Waals surface area contributed by atoms with E-state index in [0.717, 1.165) is 36.7 Å². The maximum atomic E-state index is 5.50. The number of hydrogen-bond donors (Lipinski definition) is 1. The van der Waals surface area contributed by atoms with Gasteiger partial charge < -0.3 is 24.6 Å². The third-order valence-corrected chi connectivity index (χ3v) is 3.59. The molecule has 5 heteroatoms. The van der Waals surface area contributed by atoms with Gasteiger partial charge in [0.2, 0.25) is 0 Å². The van der Waals surface area contributed by atoms with Crippen LogP contribution in [-0.2, 0) is 0 Å². The quantitative estimate of drug-likeness (QED) is 0.746. The van der Waals surface area contributed by atoms with Crippen LogP contribution in [0.2, 0.25) is 0 Å². The summed E-state index contributed by atoms with van der Waals surface area (Å²) in [6, 6.07) is 6.19. The van der Waals surface area contributed by atoms with Crippen LogP contribution in [0.3, 0.4) is 0 Å². The minimum absolute atomic E-state index is 0.220. The molecule has 0 heterocycles. The Morgan fingerprint density at radius 2 is 1.81 bits per heavy atom. The van der Waals surface area contributed by atoms with E-state index >= 15 is 0 Å². The second-order valence-electron chi connectivity index (χ2n) is 5.51. The predicted octanol–water partition coefficient (Wildman–Crippen LogP) is 1.46. The van der Waals surface area contributed by atoms with Gasteiger partial charge in [-0.15, -0.1) is 0 Å². The van der Waals surface area contributed by atoms with E-state index in [0.29, 0.717) is 0 Å². The third kappa shape index (κ3) is 5.53. The first-order valence-corrected chi connectivity index (χ1v) is 7.24. The van der Waals surface area contributed by atoms with Crippen LogP contribution in [0.15, 0.2) is 18.2 Å². The predicted molar refractivity (Wildman–Crippen MR) is 87.4 cm³/mol. The standard InChI is InChI=1S/C16H29N3O2/c1-17-15(12-19(4)10-9-18(2)3)14-8-7-13(20-5)11-16(14)21-6/h7-8,11,15,17H,9-10,12H2,1-6H3. The highest BCUT2D eigenvalue weighted by Crippen LogP contribution is 2.29. The van der Waals surface area contributed by atoms with E-state index in [2.05, 4.69) is 42.3 Å². The molecule has 1 aromatic rings. The summed E-state index contributed by atoms with van der Waals surface area (Å²) in [6.07, 6.45) is 0. The summed E-state index contributed by atoms with van der Waals surface area (Å²) in [7, 11) is 11.7. The van der Waals surface area contributed by atoms with Crippen molar-refractivity contribution in [2.45, 2.75) is 6.04 Å². The van der Waals surface area contributed by atoms with Gasteiger partial charge in [0.05, 0.1) is 14.2 Å². The Morgan fingerprint density at radius 1 is 1.10 bits per heavy atom. The summed E-state index contributed by atoms with van der Waals surface area (Å²) in [5.41, 5.74) is 1.15. The molecule has 0 radical (unpaired) electrons. The highest BCUT2D eigenvalue weighted by molar-refractivity contribution is 5.42. The van der Waals surface area contributed by atoms with Gasteiger partial charge in [-0.1, -0.05) is 6.07 Å². The Balaban J connectivity index is 2.79. The Labute approximate surface area is 128 Å². The van der Waals surface area contributed by atoms with Crippen LogP contribution in [0.4, 0.5) is 0 Å². The molecular weight excluding hydrogens is 266 g/mol. The first-order valence-electron chi connectivity index (χ1n) is 7.24. The fraction of sp³-hybridized carbons (Fsp3) is 0.625. The van der Waals surface area contributed by atoms with E-state index < -0.39 is 0 Å². The summed E-state index contributed by atoms with van der Waals surface area (Å²) < 4.78 is 10.8. The molecule has 1 N–H and O–H groups in total. The number of ether oxygens (including phenoxy) is 2. The second kappa shape index (κ2) is 8.87. The van der Waals surface area contributed by atoms with Crippen LogP contribution < -0.4 is 14.8 Å². The molecule has 1 rings (SSSR count). The summed E-state index contributed by atoms with van der Waals surface area (Å²) in [5.74, 6) is 1.67. The highest BCUT2D eigenvalue weighted by atomic mass is 16.5. The van der Waals surface area contributed by atoms with Gasteiger partial charge in [0, 0.05) is 37.3 Å². The first kappa shape index (κ1) is 17.8. The van der Waals surface area contributed by atoms with Crippen LogP contribution in [0, 0.1) is 0 Å². The average molecular weight is 295 g/mol. The number of nitrogens with one attached hydrogen (secondary N) is 1. The zero-order chi connectivity index (χ0) is 15.8. The lowest BCUT2D eigenvalue weighted by Gasteiger charge is -2.26.